The molecule has 19 heavy (non-hydrogen) atoms. The lowest BCUT2D eigenvalue weighted by Crippen LogP contribution is -2.40. The van der Waals surface area contributed by atoms with Gasteiger partial charge in [0.05, 0.1) is 0 Å². The van der Waals surface area contributed by atoms with E-state index in [1.54, 1.807) is 0 Å². The molecule has 0 radical (unpaired) electrons. The zero-order valence-electron chi connectivity index (χ0n) is 13.5. The second-order valence-corrected chi connectivity index (χ2v) is 6.56. The van der Waals surface area contributed by atoms with Gasteiger partial charge in [0.15, 0.2) is 0 Å². The van der Waals surface area contributed by atoms with Crippen LogP contribution in [0.25, 0.3) is 0 Å². The molecule has 0 aliphatic rings. The molecule has 3 nitrogen and oxygen atoms in total. The lowest BCUT2D eigenvalue weighted by molar-refractivity contribution is 0.0492. The molecule has 0 saturated carbocycles. The lowest BCUT2D eigenvalue weighted by atomic mass is 9.94. The molecule has 0 spiro atoms. The Morgan fingerprint density at radius 1 is 1.26 bits per heavy atom. The van der Waals surface area contributed by atoms with Gasteiger partial charge in [-0.15, -0.1) is 6.58 Å². The Balaban J connectivity index is 3.96. The van der Waals surface area contributed by atoms with E-state index < -0.39 is 5.60 Å². The second-order valence-electron chi connectivity index (χ2n) is 6.56. The number of alkyl carbamates (subject to hydrolysis) is 1. The van der Waals surface area contributed by atoms with Crippen LogP contribution in [0.15, 0.2) is 12.7 Å². The van der Waals surface area contributed by atoms with E-state index in [9.17, 15) is 4.79 Å². The van der Waals surface area contributed by atoms with Crippen LogP contribution in [0.5, 0.6) is 0 Å². The van der Waals surface area contributed by atoms with Gasteiger partial charge in [-0.3, -0.25) is 0 Å². The van der Waals surface area contributed by atoms with Gasteiger partial charge in [-0.2, -0.15) is 0 Å². The molecule has 0 bridgehead atoms. The van der Waals surface area contributed by atoms with E-state index in [0.717, 1.165) is 19.3 Å². The van der Waals surface area contributed by atoms with Crippen molar-refractivity contribution in [2.45, 2.75) is 72.4 Å². The van der Waals surface area contributed by atoms with E-state index in [1.165, 1.54) is 0 Å². The summed E-state index contributed by atoms with van der Waals surface area (Å²) < 4.78 is 5.26. The summed E-state index contributed by atoms with van der Waals surface area (Å²) >= 11 is 0. The van der Waals surface area contributed by atoms with Gasteiger partial charge in [0.1, 0.15) is 5.60 Å². The molecule has 1 amide bonds. The monoisotopic (exact) mass is 269 g/mol. The summed E-state index contributed by atoms with van der Waals surface area (Å²) in [4.78, 5) is 11.7. The Labute approximate surface area is 118 Å². The highest BCUT2D eigenvalue weighted by molar-refractivity contribution is 5.68. The third-order valence-electron chi connectivity index (χ3n) is 3.32. The molecular weight excluding hydrogens is 238 g/mol. The Morgan fingerprint density at radius 3 is 2.32 bits per heavy atom. The van der Waals surface area contributed by atoms with Crippen LogP contribution in [0.1, 0.15) is 60.8 Å². The number of rotatable bonds is 7. The van der Waals surface area contributed by atoms with Crippen LogP contribution in [0.2, 0.25) is 0 Å². The molecule has 0 fully saturated rings. The van der Waals surface area contributed by atoms with Crippen LogP contribution in [-0.2, 0) is 4.74 Å². The van der Waals surface area contributed by atoms with Crippen LogP contribution in [0, 0.1) is 11.8 Å². The predicted octanol–water partition coefficient (Wildman–Crippen LogP) is 4.53. The maximum Gasteiger partial charge on any atom is 0.407 e. The highest BCUT2D eigenvalue weighted by atomic mass is 16.6. The van der Waals surface area contributed by atoms with E-state index in [-0.39, 0.29) is 12.1 Å². The van der Waals surface area contributed by atoms with Gasteiger partial charge >= 0.3 is 6.09 Å². The highest BCUT2D eigenvalue weighted by Crippen LogP contribution is 2.16. The molecule has 0 rings (SSSR count). The van der Waals surface area contributed by atoms with Crippen LogP contribution in [0.3, 0.4) is 0 Å². The SMILES string of the molecule is C=CC(C)CCC[C@@H](C)C(C)NC(=O)OC(C)(C)C. The average molecular weight is 269 g/mol. The molecule has 0 saturated heterocycles. The summed E-state index contributed by atoms with van der Waals surface area (Å²) in [6, 6.07) is 0.133. The lowest BCUT2D eigenvalue weighted by Gasteiger charge is -2.25. The molecule has 0 aliphatic heterocycles. The molecule has 0 aromatic rings. The molecular formula is C16H31NO2. The fourth-order valence-corrected chi connectivity index (χ4v) is 1.77. The van der Waals surface area contributed by atoms with Crippen molar-refractivity contribution in [2.24, 2.45) is 11.8 Å². The molecule has 0 aliphatic carbocycles. The van der Waals surface area contributed by atoms with Gasteiger partial charge in [-0.05, 0) is 52.4 Å². The Bertz CT molecular complexity index is 281. The summed E-state index contributed by atoms with van der Waals surface area (Å²) in [7, 11) is 0. The molecule has 0 aromatic carbocycles. The first-order chi connectivity index (χ1) is 8.65. The first kappa shape index (κ1) is 18.0. The number of allylic oxidation sites excluding steroid dienone is 1. The largest absolute Gasteiger partial charge is 0.444 e. The highest BCUT2D eigenvalue weighted by Gasteiger charge is 2.20. The van der Waals surface area contributed by atoms with Crippen molar-refractivity contribution in [1.29, 1.82) is 0 Å². The second kappa shape index (κ2) is 8.23. The zero-order valence-corrected chi connectivity index (χ0v) is 13.5. The molecule has 1 N–H and O–H groups in total. The third kappa shape index (κ3) is 9.57. The van der Waals surface area contributed by atoms with Crippen LogP contribution in [0.4, 0.5) is 4.79 Å². The fraction of sp³-hybridized carbons (Fsp3) is 0.812. The quantitative estimate of drug-likeness (QED) is 0.690. The van der Waals surface area contributed by atoms with Crippen molar-refractivity contribution in [1.82, 2.24) is 5.32 Å². The Hall–Kier alpha value is -0.990. The smallest absolute Gasteiger partial charge is 0.407 e. The van der Waals surface area contributed by atoms with E-state index >= 15 is 0 Å². The van der Waals surface area contributed by atoms with Crippen molar-refractivity contribution in [2.75, 3.05) is 0 Å². The normalized spacial score (nSPS) is 16.3. The molecule has 112 valence electrons. The fourth-order valence-electron chi connectivity index (χ4n) is 1.77. The first-order valence-corrected chi connectivity index (χ1v) is 7.27. The van der Waals surface area contributed by atoms with Crippen molar-refractivity contribution in [3.8, 4) is 0 Å². The first-order valence-electron chi connectivity index (χ1n) is 7.27. The van der Waals surface area contributed by atoms with E-state index in [1.807, 2.05) is 33.8 Å². The minimum atomic E-state index is -0.438. The van der Waals surface area contributed by atoms with Crippen molar-refractivity contribution < 1.29 is 9.53 Å². The van der Waals surface area contributed by atoms with Crippen LogP contribution in [-0.4, -0.2) is 17.7 Å². The number of carbonyl (C=O) groups is 1. The summed E-state index contributed by atoms with van der Waals surface area (Å²) in [6.45, 7) is 15.8. The molecule has 0 aromatic heterocycles. The summed E-state index contributed by atoms with van der Waals surface area (Å²) in [5.74, 6) is 1.02. The molecule has 3 atom stereocenters. The van der Waals surface area contributed by atoms with Crippen molar-refractivity contribution in [3.63, 3.8) is 0 Å². The van der Waals surface area contributed by atoms with Crippen molar-refractivity contribution in [3.05, 3.63) is 12.7 Å². The number of hydrogen-bond donors (Lipinski definition) is 1. The molecule has 0 heterocycles. The van der Waals surface area contributed by atoms with Gasteiger partial charge in [-0.25, -0.2) is 4.79 Å². The van der Waals surface area contributed by atoms with Gasteiger partial charge in [-0.1, -0.05) is 26.3 Å². The van der Waals surface area contributed by atoms with E-state index in [2.05, 4.69) is 25.7 Å². The summed E-state index contributed by atoms with van der Waals surface area (Å²) in [5.41, 5.74) is -0.438. The van der Waals surface area contributed by atoms with E-state index in [0.29, 0.717) is 11.8 Å². The summed E-state index contributed by atoms with van der Waals surface area (Å²) in [6.07, 6.45) is 5.09. The maximum absolute atomic E-state index is 11.7. The number of nitrogens with one attached hydrogen (secondary N) is 1. The predicted molar refractivity (Wildman–Crippen MR) is 81.2 cm³/mol. The minimum Gasteiger partial charge on any atom is -0.444 e. The van der Waals surface area contributed by atoms with Gasteiger partial charge < -0.3 is 10.1 Å². The number of ether oxygens (including phenoxy) is 1. The zero-order chi connectivity index (χ0) is 15.1. The van der Waals surface area contributed by atoms with Crippen LogP contribution >= 0.6 is 0 Å². The van der Waals surface area contributed by atoms with Gasteiger partial charge in [0, 0.05) is 6.04 Å². The minimum absolute atomic E-state index is 0.133. The number of carbonyl (C=O) groups excluding carboxylic acids is 1. The summed E-state index contributed by atoms with van der Waals surface area (Å²) in [5, 5.41) is 2.91. The number of amides is 1. The number of hydrogen-bond acceptors (Lipinski definition) is 2. The molecule has 2 unspecified atom stereocenters. The van der Waals surface area contributed by atoms with Crippen LogP contribution < -0.4 is 5.32 Å². The average Bonchev–Trinajstić information content (AvgIpc) is 2.25. The topological polar surface area (TPSA) is 38.3 Å². The van der Waals surface area contributed by atoms with Gasteiger partial charge in [0.25, 0.3) is 0 Å². The van der Waals surface area contributed by atoms with E-state index in [4.69, 9.17) is 4.74 Å². The van der Waals surface area contributed by atoms with Gasteiger partial charge in [0.2, 0.25) is 0 Å². The van der Waals surface area contributed by atoms with Crippen molar-refractivity contribution >= 4 is 6.09 Å². The Morgan fingerprint density at radius 2 is 1.84 bits per heavy atom. The third-order valence-corrected chi connectivity index (χ3v) is 3.32. The standard InChI is InChI=1S/C16H31NO2/c1-8-12(2)10-9-11-13(3)14(4)17-15(18)19-16(5,6)7/h8,12-14H,1,9-11H2,2-7H3,(H,17,18)/t12?,13-,14?/m1/s1. The maximum atomic E-state index is 11.7. The Kier molecular flexibility index (Phi) is 7.81. The molecule has 3 heteroatoms.